The summed E-state index contributed by atoms with van der Waals surface area (Å²) in [6.45, 7) is 14.0. The van der Waals surface area contributed by atoms with E-state index >= 15 is 0 Å². The van der Waals surface area contributed by atoms with Gasteiger partial charge < -0.3 is 19.8 Å². The van der Waals surface area contributed by atoms with Crippen LogP contribution in [0, 0.1) is 0 Å². The van der Waals surface area contributed by atoms with E-state index in [1.807, 2.05) is 0 Å². The molecule has 0 aromatic rings. The van der Waals surface area contributed by atoms with Crippen molar-refractivity contribution in [3.63, 3.8) is 0 Å². The summed E-state index contributed by atoms with van der Waals surface area (Å²) in [5.74, 6) is -3.02. The van der Waals surface area contributed by atoms with Gasteiger partial charge in [0.25, 0.3) is 0 Å². The summed E-state index contributed by atoms with van der Waals surface area (Å²) >= 11 is 3.48. The van der Waals surface area contributed by atoms with Gasteiger partial charge in [0.15, 0.2) is 0 Å². The Bertz CT molecular complexity index is 432. The van der Waals surface area contributed by atoms with Crippen molar-refractivity contribution in [2.75, 3.05) is 0 Å². The predicted octanol–water partition coefficient (Wildman–Crippen LogP) is 8.13. The number of hydrogen-bond donors (Lipinski definition) is 0. The van der Waals surface area contributed by atoms with E-state index in [9.17, 15) is 19.8 Å². The number of halogens is 2. The van der Waals surface area contributed by atoms with Crippen molar-refractivity contribution in [1.82, 2.24) is 0 Å². The van der Waals surface area contributed by atoms with Crippen LogP contribution in [0.15, 0.2) is 0 Å². The molecule has 0 rings (SSSR count). The summed E-state index contributed by atoms with van der Waals surface area (Å²) in [6.07, 6.45) is 17.0. The second-order valence-corrected chi connectivity index (χ2v) is 30.6. The Morgan fingerprint density at radius 1 is 0.556 bits per heavy atom. The molecule has 36 heavy (non-hydrogen) atoms. The molecule has 0 N–H and O–H groups in total. The number of carbonyl (C=O) groups is 2. The van der Waals surface area contributed by atoms with E-state index in [2.05, 4.69) is 73.4 Å². The van der Waals surface area contributed by atoms with Crippen LogP contribution in [0.5, 0.6) is 0 Å². The fourth-order valence-electron chi connectivity index (χ4n) is 3.56. The molecule has 0 heterocycles. The third-order valence-electron chi connectivity index (χ3n) is 5.97. The van der Waals surface area contributed by atoms with Crippen LogP contribution >= 0.6 is 31.9 Å². The molecule has 0 aromatic carbocycles. The molecular formula is C28H56Br2O4Sn2. The zero-order valence-electron chi connectivity index (χ0n) is 24.3. The van der Waals surface area contributed by atoms with E-state index in [0.29, 0.717) is 0 Å². The first-order chi connectivity index (χ1) is 17.1. The van der Waals surface area contributed by atoms with E-state index in [4.69, 9.17) is 0 Å². The first-order valence-electron chi connectivity index (χ1n) is 14.5. The van der Waals surface area contributed by atoms with Gasteiger partial charge in [-0.2, -0.15) is 0 Å². The minimum absolute atomic E-state index is 0.685. The standard InChI is InChI=1S/C4H4Br2O4.6C4H9.2Sn/c5-4(6,3(9)10)1-2(7)8;6*1-3-4-2;;/h1H2,(H,7,8)(H,9,10);6*1,3-4H2,2H3;;/q;;;;;;;2*+1/p-2. The zero-order valence-corrected chi connectivity index (χ0v) is 33.2. The predicted molar refractivity (Wildman–Crippen MR) is 165 cm³/mol. The first-order valence-corrected chi connectivity index (χ1v) is 28.2. The monoisotopic (exact) mass is 854 g/mol. The SMILES string of the molecule is CCC[CH2][Sn+]([CH2]CCC)[CH2]CCC.CCC[CH2][Sn+]([CH2]CCC)[CH2]CCC.O=C([O-])CC(Br)(Br)C(=O)[O-]. The number of carboxylic acid groups (broad SMARTS) is 2. The Morgan fingerprint density at radius 2 is 0.778 bits per heavy atom. The zero-order chi connectivity index (χ0) is 28.2. The summed E-state index contributed by atoms with van der Waals surface area (Å²) in [5.41, 5.74) is 0. The van der Waals surface area contributed by atoms with Gasteiger partial charge in [-0.3, -0.25) is 0 Å². The van der Waals surface area contributed by atoms with Gasteiger partial charge in [-0.05, 0) is 0 Å². The Kier molecular flexibility index (Phi) is 36.2. The molecule has 0 spiro atoms. The van der Waals surface area contributed by atoms with Crippen LogP contribution < -0.4 is 10.2 Å². The summed E-state index contributed by atoms with van der Waals surface area (Å²) in [6, 6.07) is 0. The molecule has 0 aliphatic carbocycles. The van der Waals surface area contributed by atoms with Crippen LogP contribution in [-0.4, -0.2) is 54.7 Å². The number of carbonyl (C=O) groups excluding carboxylic acids is 2. The second-order valence-electron chi connectivity index (χ2n) is 9.66. The molecule has 0 atom stereocenters. The van der Waals surface area contributed by atoms with Gasteiger partial charge in [-0.1, -0.05) is 31.9 Å². The average molecular weight is 854 g/mol. The molecule has 4 nitrogen and oxygen atoms in total. The molecule has 0 fully saturated rings. The smallest absolute Gasteiger partial charge is 0.125 e. The van der Waals surface area contributed by atoms with Crippen molar-refractivity contribution < 1.29 is 19.8 Å². The van der Waals surface area contributed by atoms with Gasteiger partial charge in [-0.15, -0.1) is 0 Å². The van der Waals surface area contributed by atoms with Crippen molar-refractivity contribution in [3.8, 4) is 0 Å². The Labute approximate surface area is 255 Å². The Morgan fingerprint density at radius 3 is 0.889 bits per heavy atom. The molecule has 0 aliphatic heterocycles. The van der Waals surface area contributed by atoms with Crippen LogP contribution in [0.1, 0.15) is 125 Å². The molecule has 0 saturated heterocycles. The maximum absolute atomic E-state index is 10.1. The van der Waals surface area contributed by atoms with Crippen molar-refractivity contribution in [2.45, 2.75) is 155 Å². The van der Waals surface area contributed by atoms with Crippen molar-refractivity contribution in [1.29, 1.82) is 0 Å². The normalized spacial score (nSPS) is 10.6. The Hall–Kier alpha value is 1.50. The summed E-state index contributed by atoms with van der Waals surface area (Å²) < 4.78 is 8.37. The fraction of sp³-hybridized carbons (Fsp3) is 0.929. The second kappa shape index (κ2) is 31.0. The van der Waals surface area contributed by atoms with Crippen LogP contribution in [0.4, 0.5) is 0 Å². The molecule has 0 radical (unpaired) electrons. The van der Waals surface area contributed by atoms with Gasteiger partial charge in [-0.25, -0.2) is 0 Å². The molecule has 214 valence electrons. The van der Waals surface area contributed by atoms with Crippen LogP contribution in [0.2, 0.25) is 26.6 Å². The Balaban J connectivity index is -0.000000459. The van der Waals surface area contributed by atoms with E-state index in [1.165, 1.54) is 77.0 Å². The average Bonchev–Trinajstić information content (AvgIpc) is 2.83. The van der Waals surface area contributed by atoms with Crippen molar-refractivity contribution >= 4 is 83.3 Å². The summed E-state index contributed by atoms with van der Waals surface area (Å²) in [5, 5.41) is 19.9. The number of unbranched alkanes of at least 4 members (excludes halogenated alkanes) is 6. The van der Waals surface area contributed by atoms with Crippen molar-refractivity contribution in [2.24, 2.45) is 0 Å². The third kappa shape index (κ3) is 31.7. The van der Waals surface area contributed by atoms with Gasteiger partial charge in [0.05, 0.1) is 5.97 Å². The van der Waals surface area contributed by atoms with Crippen LogP contribution in [0.3, 0.4) is 0 Å². The summed E-state index contributed by atoms with van der Waals surface area (Å²) in [7, 11) is 0. The maximum atomic E-state index is 10.1. The van der Waals surface area contributed by atoms with Gasteiger partial charge >= 0.3 is 185 Å². The summed E-state index contributed by atoms with van der Waals surface area (Å²) in [4.78, 5) is 19.9. The number of hydrogen-bond acceptors (Lipinski definition) is 4. The van der Waals surface area contributed by atoms with Gasteiger partial charge in [0, 0.05) is 12.4 Å². The molecule has 0 amide bonds. The molecular weight excluding hydrogens is 798 g/mol. The maximum Gasteiger partial charge on any atom is 0.125 e. The van der Waals surface area contributed by atoms with E-state index in [-0.39, 0.29) is 0 Å². The molecule has 0 unspecified atom stereocenters. The fourth-order valence-corrected chi connectivity index (χ4v) is 22.9. The van der Waals surface area contributed by atoms with Crippen molar-refractivity contribution in [3.05, 3.63) is 0 Å². The molecule has 0 saturated carbocycles. The third-order valence-corrected chi connectivity index (χ3v) is 25.3. The van der Waals surface area contributed by atoms with Gasteiger partial charge in [0.2, 0.25) is 0 Å². The molecule has 0 bridgehead atoms. The molecule has 0 aliphatic rings. The largest absolute Gasteiger partial charge is 0.550 e. The number of rotatable bonds is 21. The quantitative estimate of drug-likeness (QED) is 0.0864. The van der Waals surface area contributed by atoms with E-state index < -0.39 is 61.1 Å². The van der Waals surface area contributed by atoms with E-state index in [0.717, 1.165) is 0 Å². The minimum atomic E-state index is -1.71. The number of carboxylic acids is 2. The number of aliphatic carboxylic acids is 2. The number of alkyl halides is 2. The first kappa shape index (κ1) is 42.0. The molecule has 0 aromatic heterocycles. The topological polar surface area (TPSA) is 80.3 Å². The van der Waals surface area contributed by atoms with Gasteiger partial charge in [0.1, 0.15) is 3.23 Å². The van der Waals surface area contributed by atoms with E-state index in [1.54, 1.807) is 26.6 Å². The molecule has 8 heteroatoms. The van der Waals surface area contributed by atoms with Crippen LogP contribution in [0.25, 0.3) is 0 Å². The minimum Gasteiger partial charge on any atom is -0.550 e. The van der Waals surface area contributed by atoms with Crippen LogP contribution in [-0.2, 0) is 9.59 Å².